The molecule has 1 aromatic carbocycles. The van der Waals surface area contributed by atoms with Crippen LogP contribution in [-0.2, 0) is 4.79 Å². The third-order valence-corrected chi connectivity index (χ3v) is 1.63. The van der Waals surface area contributed by atoms with Crippen LogP contribution in [0.1, 0.15) is 6.92 Å². The van der Waals surface area contributed by atoms with Crippen molar-refractivity contribution in [3.8, 4) is 0 Å². The normalized spacial score (nSPS) is 8.46. The van der Waals surface area contributed by atoms with Gasteiger partial charge in [0, 0.05) is 7.05 Å². The third-order valence-electron chi connectivity index (χ3n) is 1.63. The number of benzene rings is 1. The van der Waals surface area contributed by atoms with Gasteiger partial charge < -0.3 is 16.1 Å². The predicted molar refractivity (Wildman–Crippen MR) is 48.7 cm³/mol. The first-order valence-corrected chi connectivity index (χ1v) is 3.79. The Bertz CT molecular complexity index is 261. The molecule has 13 heavy (non-hydrogen) atoms. The number of carbonyl (C=O) groups excluding carboxylic acids is 1. The van der Waals surface area contributed by atoms with Crippen LogP contribution in [0.15, 0.2) is 24.3 Å². The van der Waals surface area contributed by atoms with Gasteiger partial charge >= 0.3 is 31.1 Å². The number of hydrogen-bond acceptors (Lipinski definition) is 1. The molecule has 0 unspecified atom stereocenters. The van der Waals surface area contributed by atoms with Crippen molar-refractivity contribution in [3.63, 3.8) is 0 Å². The van der Waals surface area contributed by atoms with Crippen LogP contribution in [0.5, 0.6) is 0 Å². The maximum atomic E-state index is 11.2. The van der Waals surface area contributed by atoms with E-state index in [-0.39, 0.29) is 37.0 Å². The summed E-state index contributed by atoms with van der Waals surface area (Å²) in [6, 6.07) is 10.4. The number of anilines is 1. The van der Waals surface area contributed by atoms with Crippen LogP contribution < -0.4 is 4.90 Å². The number of para-hydroxylation sites is 1. The Labute approximate surface area is 103 Å². The maximum absolute atomic E-state index is 11.2. The number of rotatable bonds is 2. The summed E-state index contributed by atoms with van der Waals surface area (Å²) in [7, 11) is 1.73. The molecule has 0 saturated carbocycles. The van der Waals surface area contributed by atoms with Crippen molar-refractivity contribution in [2.75, 3.05) is 11.9 Å². The van der Waals surface area contributed by atoms with Crippen molar-refractivity contribution in [1.82, 2.24) is 0 Å². The number of carbonyl (C=O) groups is 1. The molecule has 0 aliphatic carbocycles. The largest absolute Gasteiger partial charge is 2.00 e. The molecule has 66 valence electrons. The van der Waals surface area contributed by atoms with E-state index < -0.39 is 0 Å². The summed E-state index contributed by atoms with van der Waals surface area (Å²) in [5.74, 6) is -0.0162. The number of hydrogen-bond donors (Lipinski definition) is 0. The van der Waals surface area contributed by atoms with E-state index in [9.17, 15) is 4.79 Å². The second-order valence-electron chi connectivity index (χ2n) is 2.43. The molecule has 0 atom stereocenters. The van der Waals surface area contributed by atoms with Crippen LogP contribution in [0.2, 0.25) is 0 Å². The summed E-state index contributed by atoms with van der Waals surface area (Å²) in [5, 5.41) is 0. The Kier molecular flexibility index (Phi) is 5.94. The second-order valence-corrected chi connectivity index (χ2v) is 2.43. The molecule has 1 aromatic rings. The Balaban J connectivity index is 0.00000144. The monoisotopic (exact) mass is 399 g/mol. The maximum Gasteiger partial charge on any atom is 2.00 e. The molecule has 3 heteroatoms. The molecule has 0 spiro atoms. The molecule has 0 aromatic heterocycles. The molecule has 0 aliphatic rings. The van der Waals surface area contributed by atoms with Crippen molar-refractivity contribution in [2.24, 2.45) is 0 Å². The molecule has 0 saturated heterocycles. The summed E-state index contributed by atoms with van der Waals surface area (Å²) in [4.78, 5) is 12.7. The molecular formula is C10H11NOU. The van der Waals surface area contributed by atoms with Gasteiger partial charge in [-0.2, -0.15) is 31.2 Å². The summed E-state index contributed by atoms with van der Waals surface area (Å²) in [6.07, 6.45) is 1.53. The fourth-order valence-corrected chi connectivity index (χ4v) is 0.905. The zero-order valence-corrected chi connectivity index (χ0v) is 11.9. The van der Waals surface area contributed by atoms with Gasteiger partial charge in [-0.25, -0.2) is 0 Å². The van der Waals surface area contributed by atoms with Crippen LogP contribution in [0.3, 0.4) is 0 Å². The van der Waals surface area contributed by atoms with Crippen LogP contribution >= 0.6 is 0 Å². The van der Waals surface area contributed by atoms with E-state index in [0.717, 1.165) is 5.69 Å². The van der Waals surface area contributed by atoms with E-state index in [0.29, 0.717) is 0 Å². The summed E-state index contributed by atoms with van der Waals surface area (Å²) in [5.41, 5.74) is 0.792. The number of amides is 1. The predicted octanol–water partition coefficient (Wildman–Crippen LogP) is 1.67. The fourth-order valence-electron chi connectivity index (χ4n) is 0.905. The first-order valence-electron chi connectivity index (χ1n) is 3.79. The van der Waals surface area contributed by atoms with E-state index in [1.54, 1.807) is 24.9 Å². The average Bonchev–Trinajstić information content (AvgIpc) is 2.17. The van der Waals surface area contributed by atoms with Crippen LogP contribution in [0, 0.1) is 43.6 Å². The van der Waals surface area contributed by atoms with E-state index in [1.807, 2.05) is 18.2 Å². The van der Waals surface area contributed by atoms with E-state index in [1.165, 1.54) is 6.42 Å². The Morgan fingerprint density at radius 1 is 1.54 bits per heavy atom. The van der Waals surface area contributed by atoms with Gasteiger partial charge in [-0.3, -0.25) is 0 Å². The van der Waals surface area contributed by atoms with Crippen molar-refractivity contribution in [2.45, 2.75) is 6.92 Å². The van der Waals surface area contributed by atoms with E-state index in [4.69, 9.17) is 0 Å². The van der Waals surface area contributed by atoms with Gasteiger partial charge in [0.15, 0.2) is 0 Å². The molecule has 2 nitrogen and oxygen atoms in total. The molecule has 0 radical (unpaired) electrons. The zero-order chi connectivity index (χ0) is 8.97. The van der Waals surface area contributed by atoms with Gasteiger partial charge in [-0.05, 0) is 0 Å². The third kappa shape index (κ3) is 3.46. The van der Waals surface area contributed by atoms with E-state index >= 15 is 0 Å². The first-order chi connectivity index (χ1) is 5.75. The summed E-state index contributed by atoms with van der Waals surface area (Å²) >= 11 is 0. The number of nitrogens with zero attached hydrogens (tertiary/aromatic N) is 1. The van der Waals surface area contributed by atoms with Gasteiger partial charge in [0.05, 0.1) is 5.91 Å². The van der Waals surface area contributed by atoms with Gasteiger partial charge in [0.1, 0.15) is 0 Å². The Morgan fingerprint density at radius 3 is 2.69 bits per heavy atom. The van der Waals surface area contributed by atoms with Crippen LogP contribution in [0.4, 0.5) is 5.69 Å². The van der Waals surface area contributed by atoms with Gasteiger partial charge in [-0.1, -0.05) is 5.69 Å². The molecule has 1 rings (SSSR count). The van der Waals surface area contributed by atoms with Crippen molar-refractivity contribution in [1.29, 1.82) is 0 Å². The van der Waals surface area contributed by atoms with Crippen LogP contribution in [-0.4, -0.2) is 13.0 Å². The van der Waals surface area contributed by atoms with Crippen LogP contribution in [0.25, 0.3) is 0 Å². The quantitative estimate of drug-likeness (QED) is 0.694. The Morgan fingerprint density at radius 2 is 2.23 bits per heavy atom. The minimum absolute atomic E-state index is 0. The zero-order valence-electron chi connectivity index (χ0n) is 7.74. The average molecular weight is 399 g/mol. The Hall–Kier alpha value is -0.388. The van der Waals surface area contributed by atoms with Crippen molar-refractivity contribution < 1.29 is 35.9 Å². The molecule has 0 N–H and O–H groups in total. The van der Waals surface area contributed by atoms with Crippen molar-refractivity contribution >= 4 is 11.6 Å². The second kappa shape index (κ2) is 6.12. The molecule has 1 amide bonds. The summed E-state index contributed by atoms with van der Waals surface area (Å²) < 4.78 is 0. The SMILES string of the molecule is C[CH-]C(=O)N(C)c1[c-]cccc1.[U+2]. The van der Waals surface area contributed by atoms with Gasteiger partial charge in [0.2, 0.25) is 0 Å². The topological polar surface area (TPSA) is 20.3 Å². The molecule has 0 bridgehead atoms. The molecule has 0 heterocycles. The fraction of sp³-hybridized carbons (Fsp3) is 0.200. The summed E-state index contributed by atoms with van der Waals surface area (Å²) in [6.45, 7) is 1.72. The van der Waals surface area contributed by atoms with E-state index in [2.05, 4.69) is 6.07 Å². The first kappa shape index (κ1) is 12.6. The molecule has 0 aliphatic heterocycles. The van der Waals surface area contributed by atoms with Gasteiger partial charge in [-0.15, -0.1) is 6.07 Å². The standard InChI is InChI=1S/C10H11NO.U/c1-3-10(12)11(2)9-7-5-4-6-8-9;/h3-7H,1-2H3;/q-2;+2. The minimum atomic E-state index is -0.0162. The molecule has 0 fully saturated rings. The smallest absolute Gasteiger partial charge is 0.364 e. The van der Waals surface area contributed by atoms with Gasteiger partial charge in [0.25, 0.3) is 0 Å². The minimum Gasteiger partial charge on any atom is -0.364 e. The van der Waals surface area contributed by atoms with Crippen molar-refractivity contribution in [3.05, 3.63) is 36.8 Å². The molecular weight excluding hydrogens is 388 g/mol.